The minimum absolute atomic E-state index is 0.00556. The molecule has 0 atom stereocenters. The van der Waals surface area contributed by atoms with Crippen molar-refractivity contribution < 1.29 is 28.5 Å². The molecule has 6 heteroatoms. The molecule has 1 aromatic carbocycles. The van der Waals surface area contributed by atoms with Gasteiger partial charge in [0.2, 0.25) is 0 Å². The Hall–Kier alpha value is -1.60. The summed E-state index contributed by atoms with van der Waals surface area (Å²) in [5.74, 6) is -0.398. The Morgan fingerprint density at radius 2 is 0.833 bits per heavy atom. The van der Waals surface area contributed by atoms with Crippen LogP contribution in [0.25, 0.3) is 0 Å². The molecule has 0 aromatic heterocycles. The highest BCUT2D eigenvalue weighted by molar-refractivity contribution is 5.79. The lowest BCUT2D eigenvalue weighted by Crippen LogP contribution is -2.52. The molecule has 230 valence electrons. The maximum absolute atomic E-state index is 11.9. The molecule has 2 saturated heterocycles. The van der Waals surface area contributed by atoms with Gasteiger partial charge in [-0.25, -0.2) is 0 Å². The second-order valence-electron chi connectivity index (χ2n) is 14.8. The van der Waals surface area contributed by atoms with Crippen molar-refractivity contribution in [1.29, 1.82) is 0 Å². The van der Waals surface area contributed by atoms with Crippen LogP contribution < -0.4 is 0 Å². The number of hydrogen-bond acceptors (Lipinski definition) is 6. The molecule has 42 heavy (non-hydrogen) atoms. The summed E-state index contributed by atoms with van der Waals surface area (Å²) in [5, 5.41) is 0. The van der Waals surface area contributed by atoms with Crippen LogP contribution in [0.1, 0.15) is 124 Å². The zero-order valence-corrected chi connectivity index (χ0v) is 26.0. The van der Waals surface area contributed by atoms with Gasteiger partial charge in [0.25, 0.3) is 0 Å². The number of unbranched alkanes of at least 4 members (excludes halogenated alkanes) is 2. The first kappa shape index (κ1) is 29.1. The topological polar surface area (TPSA) is 71.1 Å². The Morgan fingerprint density at radius 3 is 1.12 bits per heavy atom. The van der Waals surface area contributed by atoms with E-state index in [1.165, 1.54) is 25.7 Å². The fraction of sp³-hybridized carbons (Fsp3) is 0.778. The summed E-state index contributed by atoms with van der Waals surface area (Å²) in [7, 11) is 0. The molecule has 2 aliphatic heterocycles. The van der Waals surface area contributed by atoms with E-state index in [0.29, 0.717) is 62.9 Å². The Bertz CT molecular complexity index is 1070. The van der Waals surface area contributed by atoms with Crippen LogP contribution in [-0.4, -0.2) is 49.6 Å². The maximum Gasteiger partial charge on any atom is 0.169 e. The molecule has 4 fully saturated rings. The van der Waals surface area contributed by atoms with Crippen LogP contribution in [0, 0.1) is 10.8 Å². The zero-order chi connectivity index (χ0) is 29.0. The summed E-state index contributed by atoms with van der Waals surface area (Å²) in [5.41, 5.74) is 9.65. The van der Waals surface area contributed by atoms with Crippen LogP contribution in [-0.2, 0) is 67.1 Å². The minimum atomic E-state index is -0.540. The number of carbonyl (C=O) groups excluding carboxylic acids is 2. The number of ketones is 2. The van der Waals surface area contributed by atoms with Crippen LogP contribution in [0.3, 0.4) is 0 Å². The zero-order valence-electron chi connectivity index (χ0n) is 26.0. The molecule has 2 saturated carbocycles. The van der Waals surface area contributed by atoms with Gasteiger partial charge in [-0.1, -0.05) is 26.7 Å². The summed E-state index contributed by atoms with van der Waals surface area (Å²) >= 11 is 0. The van der Waals surface area contributed by atoms with Gasteiger partial charge in [0.1, 0.15) is 11.6 Å². The molecule has 6 nitrogen and oxygen atoms in total. The average Bonchev–Trinajstić information content (AvgIpc) is 3.56. The smallest absolute Gasteiger partial charge is 0.169 e. The van der Waals surface area contributed by atoms with E-state index in [-0.39, 0.29) is 10.8 Å². The third-order valence-electron chi connectivity index (χ3n) is 11.7. The Kier molecular flexibility index (Phi) is 7.69. The van der Waals surface area contributed by atoms with E-state index in [0.717, 1.165) is 65.0 Å². The van der Waals surface area contributed by atoms with Crippen LogP contribution in [0.4, 0.5) is 0 Å². The van der Waals surface area contributed by atoms with Crippen molar-refractivity contribution in [2.75, 3.05) is 26.4 Å². The Morgan fingerprint density at radius 1 is 0.524 bits per heavy atom. The van der Waals surface area contributed by atoms with Crippen LogP contribution in [0.5, 0.6) is 0 Å². The first-order valence-electron chi connectivity index (χ1n) is 17.1. The monoisotopic (exact) mass is 578 g/mol. The van der Waals surface area contributed by atoms with Crippen molar-refractivity contribution in [3.63, 3.8) is 0 Å². The lowest BCUT2D eigenvalue weighted by atomic mass is 9.82. The summed E-state index contributed by atoms with van der Waals surface area (Å²) in [4.78, 5) is 23.8. The summed E-state index contributed by atoms with van der Waals surface area (Å²) < 4.78 is 26.4. The van der Waals surface area contributed by atoms with E-state index < -0.39 is 11.6 Å². The van der Waals surface area contributed by atoms with E-state index in [2.05, 4.69) is 13.8 Å². The van der Waals surface area contributed by atoms with E-state index in [1.807, 2.05) is 0 Å². The van der Waals surface area contributed by atoms with E-state index in [1.54, 1.807) is 33.4 Å². The van der Waals surface area contributed by atoms with Gasteiger partial charge in [0.05, 0.1) is 26.4 Å². The highest BCUT2D eigenvalue weighted by Gasteiger charge is 2.53. The number of rotatable bonds is 6. The fourth-order valence-corrected chi connectivity index (χ4v) is 8.99. The third kappa shape index (κ3) is 5.12. The lowest BCUT2D eigenvalue weighted by molar-refractivity contribution is -0.311. The summed E-state index contributed by atoms with van der Waals surface area (Å²) in [6, 6.07) is 0. The third-order valence-corrected chi connectivity index (χ3v) is 11.7. The number of fused-ring (bicyclic) bond motifs is 2. The molecule has 0 N–H and O–H groups in total. The summed E-state index contributed by atoms with van der Waals surface area (Å²) in [6.45, 7) is 7.53. The van der Waals surface area contributed by atoms with Crippen molar-refractivity contribution in [3.8, 4) is 0 Å². The van der Waals surface area contributed by atoms with Crippen LogP contribution >= 0.6 is 0 Å². The van der Waals surface area contributed by atoms with Crippen LogP contribution in [0.2, 0.25) is 0 Å². The molecular formula is C36H50O6. The number of benzene rings is 1. The molecule has 6 aliphatic rings. The molecule has 0 bridgehead atoms. The SMILES string of the molecule is CCCCc1c2c(c(CCCC)c3c1CC1(COC4(CCC(=O)CC4)OC1)C3)CC1(COC3(CCC(=O)CC3)OC1)C2. The molecule has 1 aromatic rings. The van der Waals surface area contributed by atoms with Gasteiger partial charge >= 0.3 is 0 Å². The van der Waals surface area contributed by atoms with Gasteiger partial charge in [0, 0.05) is 62.2 Å². The number of ether oxygens (including phenoxy) is 4. The number of hydrogen-bond donors (Lipinski definition) is 0. The highest BCUT2D eigenvalue weighted by atomic mass is 16.7. The van der Waals surface area contributed by atoms with Gasteiger partial charge < -0.3 is 18.9 Å². The molecule has 0 amide bonds. The predicted molar refractivity (Wildman–Crippen MR) is 160 cm³/mol. The van der Waals surface area contributed by atoms with E-state index in [9.17, 15) is 9.59 Å². The van der Waals surface area contributed by atoms with Gasteiger partial charge in [-0.05, 0) is 84.7 Å². The van der Waals surface area contributed by atoms with Gasteiger partial charge in [-0.2, -0.15) is 0 Å². The van der Waals surface area contributed by atoms with Gasteiger partial charge in [0.15, 0.2) is 11.6 Å². The molecule has 7 rings (SSSR count). The van der Waals surface area contributed by atoms with Crippen molar-refractivity contribution in [2.24, 2.45) is 10.8 Å². The summed E-state index contributed by atoms with van der Waals surface area (Å²) in [6.07, 6.45) is 16.4. The number of Topliss-reactive ketones (excluding diaryl/α,β-unsaturated/α-hetero) is 2. The molecule has 4 spiro atoms. The largest absolute Gasteiger partial charge is 0.349 e. The Balaban J connectivity index is 1.17. The second kappa shape index (κ2) is 11.1. The van der Waals surface area contributed by atoms with Gasteiger partial charge in [-0.15, -0.1) is 0 Å². The molecular weight excluding hydrogens is 528 g/mol. The van der Waals surface area contributed by atoms with Crippen molar-refractivity contribution in [1.82, 2.24) is 0 Å². The van der Waals surface area contributed by atoms with E-state index >= 15 is 0 Å². The van der Waals surface area contributed by atoms with Gasteiger partial charge in [-0.3, -0.25) is 9.59 Å². The minimum Gasteiger partial charge on any atom is -0.349 e. The Labute approximate surface area is 251 Å². The van der Waals surface area contributed by atoms with Crippen molar-refractivity contribution in [3.05, 3.63) is 33.4 Å². The normalized spacial score (nSPS) is 26.8. The van der Waals surface area contributed by atoms with E-state index in [4.69, 9.17) is 18.9 Å². The first-order valence-corrected chi connectivity index (χ1v) is 17.1. The van der Waals surface area contributed by atoms with Crippen LogP contribution in [0.15, 0.2) is 0 Å². The molecule has 2 heterocycles. The molecule has 4 aliphatic carbocycles. The standard InChI is InChI=1S/C36H50O6/c1-3-5-7-27-29-17-33(21-39-35(40-22-33)13-9-25(37)10-14-35)19-31(29)28(8-6-4-2)32-20-34(18-30(27)32)23-41-36(42-24-34)15-11-26(38)12-16-36/h3-24H2,1-2H3. The highest BCUT2D eigenvalue weighted by Crippen LogP contribution is 2.53. The average molecular weight is 579 g/mol. The lowest BCUT2D eigenvalue weighted by Gasteiger charge is -2.46. The molecule has 0 radical (unpaired) electrons. The molecule has 0 unspecified atom stereocenters. The second-order valence-corrected chi connectivity index (χ2v) is 14.8. The van der Waals surface area contributed by atoms with Crippen molar-refractivity contribution in [2.45, 2.75) is 141 Å². The quantitative estimate of drug-likeness (QED) is 0.394. The maximum atomic E-state index is 11.9. The van der Waals surface area contributed by atoms with Crippen molar-refractivity contribution >= 4 is 11.6 Å². The number of carbonyl (C=O) groups is 2. The predicted octanol–water partition coefficient (Wildman–Crippen LogP) is 6.31. The first-order chi connectivity index (χ1) is 20.3. The fourth-order valence-electron chi connectivity index (χ4n) is 8.99.